The molecule has 3 rings (SSSR count). The van der Waals surface area contributed by atoms with Crippen LogP contribution in [0, 0.1) is 5.82 Å². The number of hydrogen-bond donors (Lipinski definition) is 1. The molecule has 1 aromatic heterocycles. The van der Waals surface area contributed by atoms with E-state index < -0.39 is 11.7 Å². The molecule has 0 aliphatic heterocycles. The summed E-state index contributed by atoms with van der Waals surface area (Å²) in [5.41, 5.74) is 1.26. The number of benzene rings is 2. The number of aromatic nitrogens is 2. The van der Waals surface area contributed by atoms with Crippen LogP contribution in [0.5, 0.6) is 0 Å². The second kappa shape index (κ2) is 7.15. The zero-order valence-electron chi connectivity index (χ0n) is 12.3. The summed E-state index contributed by atoms with van der Waals surface area (Å²) in [6, 6.07) is 12.9. The number of nitrogens with zero attached hydrogens (tertiary/aromatic N) is 2. The van der Waals surface area contributed by atoms with Gasteiger partial charge in [-0.1, -0.05) is 29.8 Å². The number of halogens is 3. The molecule has 0 aliphatic rings. The molecule has 0 fully saturated rings. The Balaban J connectivity index is 1.74. The Morgan fingerprint density at radius 1 is 1.25 bits per heavy atom. The first-order chi connectivity index (χ1) is 11.5. The van der Waals surface area contributed by atoms with Gasteiger partial charge in [0, 0.05) is 16.8 Å². The molecule has 3 aromatic rings. The molecular weight excluding hydrogens is 397 g/mol. The SMILES string of the molecule is O=C(Nc1nn(Cc2ccc(Cl)cc2)cc1Br)c1cccc(F)c1. The first-order valence-corrected chi connectivity index (χ1v) is 8.23. The minimum Gasteiger partial charge on any atom is -0.304 e. The first-order valence-electron chi connectivity index (χ1n) is 7.05. The van der Waals surface area contributed by atoms with Gasteiger partial charge in [-0.3, -0.25) is 9.48 Å². The van der Waals surface area contributed by atoms with Crippen molar-refractivity contribution in [3.63, 3.8) is 0 Å². The molecule has 0 saturated carbocycles. The maximum absolute atomic E-state index is 13.2. The molecule has 0 atom stereocenters. The lowest BCUT2D eigenvalue weighted by atomic mass is 10.2. The second-order valence-electron chi connectivity index (χ2n) is 5.11. The molecule has 2 aromatic carbocycles. The molecule has 0 aliphatic carbocycles. The summed E-state index contributed by atoms with van der Waals surface area (Å²) in [6.45, 7) is 0.533. The van der Waals surface area contributed by atoms with E-state index in [9.17, 15) is 9.18 Å². The van der Waals surface area contributed by atoms with E-state index in [-0.39, 0.29) is 5.56 Å². The van der Waals surface area contributed by atoms with Crippen LogP contribution >= 0.6 is 27.5 Å². The average molecular weight is 409 g/mol. The van der Waals surface area contributed by atoms with Crippen LogP contribution < -0.4 is 5.32 Å². The predicted molar refractivity (Wildman–Crippen MR) is 94.8 cm³/mol. The fourth-order valence-corrected chi connectivity index (χ4v) is 2.69. The highest BCUT2D eigenvalue weighted by Crippen LogP contribution is 2.22. The van der Waals surface area contributed by atoms with E-state index in [1.165, 1.54) is 24.3 Å². The molecule has 1 N–H and O–H groups in total. The quantitative estimate of drug-likeness (QED) is 0.678. The van der Waals surface area contributed by atoms with Crippen LogP contribution in [0.2, 0.25) is 5.02 Å². The fraction of sp³-hybridized carbons (Fsp3) is 0.0588. The van der Waals surface area contributed by atoms with Crippen LogP contribution in [-0.4, -0.2) is 15.7 Å². The van der Waals surface area contributed by atoms with Crippen LogP contribution in [0.3, 0.4) is 0 Å². The van der Waals surface area contributed by atoms with Crippen molar-refractivity contribution in [2.45, 2.75) is 6.54 Å². The van der Waals surface area contributed by atoms with E-state index in [1.54, 1.807) is 10.9 Å². The van der Waals surface area contributed by atoms with E-state index in [0.29, 0.717) is 21.9 Å². The van der Waals surface area contributed by atoms with Gasteiger partial charge < -0.3 is 5.32 Å². The lowest BCUT2D eigenvalue weighted by Gasteiger charge is -2.04. The van der Waals surface area contributed by atoms with E-state index in [1.807, 2.05) is 24.3 Å². The lowest BCUT2D eigenvalue weighted by molar-refractivity contribution is 0.102. The van der Waals surface area contributed by atoms with Crippen LogP contribution in [0.4, 0.5) is 10.2 Å². The number of amides is 1. The molecule has 0 radical (unpaired) electrons. The lowest BCUT2D eigenvalue weighted by Crippen LogP contribution is -2.13. The summed E-state index contributed by atoms with van der Waals surface area (Å²) >= 11 is 9.23. The van der Waals surface area contributed by atoms with Gasteiger partial charge in [-0.15, -0.1) is 0 Å². The summed E-state index contributed by atoms with van der Waals surface area (Å²) < 4.78 is 15.5. The minimum absolute atomic E-state index is 0.231. The highest BCUT2D eigenvalue weighted by atomic mass is 79.9. The predicted octanol–water partition coefficient (Wildman–Crippen LogP) is 4.74. The maximum atomic E-state index is 13.2. The third-order valence-corrected chi connectivity index (χ3v) is 4.13. The molecule has 4 nitrogen and oxygen atoms in total. The van der Waals surface area contributed by atoms with Gasteiger partial charge in [0.25, 0.3) is 5.91 Å². The third-order valence-electron chi connectivity index (χ3n) is 3.29. The number of carbonyl (C=O) groups excluding carboxylic acids is 1. The summed E-state index contributed by atoms with van der Waals surface area (Å²) in [5.74, 6) is -0.514. The van der Waals surface area contributed by atoms with Gasteiger partial charge >= 0.3 is 0 Å². The third kappa shape index (κ3) is 4.01. The van der Waals surface area contributed by atoms with Crippen molar-refractivity contribution in [2.75, 3.05) is 5.32 Å². The van der Waals surface area contributed by atoms with Crippen molar-refractivity contribution < 1.29 is 9.18 Å². The van der Waals surface area contributed by atoms with Crippen molar-refractivity contribution in [3.05, 3.63) is 81.2 Å². The second-order valence-corrected chi connectivity index (χ2v) is 6.40. The Hall–Kier alpha value is -2.18. The van der Waals surface area contributed by atoms with Gasteiger partial charge in [0.1, 0.15) is 5.82 Å². The molecular formula is C17H12BrClFN3O. The first kappa shape index (κ1) is 16.7. The average Bonchev–Trinajstić information content (AvgIpc) is 2.89. The molecule has 7 heteroatoms. The van der Waals surface area contributed by atoms with Crippen LogP contribution in [-0.2, 0) is 6.54 Å². The van der Waals surface area contributed by atoms with Crippen LogP contribution in [0.25, 0.3) is 0 Å². The van der Waals surface area contributed by atoms with Gasteiger partial charge in [0.05, 0.1) is 11.0 Å². The van der Waals surface area contributed by atoms with Gasteiger partial charge in [0.15, 0.2) is 5.82 Å². The van der Waals surface area contributed by atoms with Crippen molar-refractivity contribution in [2.24, 2.45) is 0 Å². The highest BCUT2D eigenvalue weighted by Gasteiger charge is 2.12. The van der Waals surface area contributed by atoms with E-state index >= 15 is 0 Å². The van der Waals surface area contributed by atoms with Gasteiger partial charge in [-0.2, -0.15) is 5.10 Å². The number of nitrogens with one attached hydrogen (secondary N) is 1. The summed E-state index contributed by atoms with van der Waals surface area (Å²) in [4.78, 5) is 12.2. The highest BCUT2D eigenvalue weighted by molar-refractivity contribution is 9.10. The molecule has 0 bridgehead atoms. The number of anilines is 1. The largest absolute Gasteiger partial charge is 0.304 e. The smallest absolute Gasteiger partial charge is 0.256 e. The normalized spacial score (nSPS) is 10.6. The molecule has 0 unspecified atom stereocenters. The molecule has 1 heterocycles. The molecule has 1 amide bonds. The molecule has 122 valence electrons. The summed E-state index contributed by atoms with van der Waals surface area (Å²) in [7, 11) is 0. The molecule has 0 saturated heterocycles. The van der Waals surface area contributed by atoms with Crippen molar-refractivity contribution in [3.8, 4) is 0 Å². The van der Waals surface area contributed by atoms with Crippen molar-refractivity contribution in [1.29, 1.82) is 0 Å². The number of carbonyl (C=O) groups is 1. The van der Waals surface area contributed by atoms with Crippen LogP contribution in [0.15, 0.2) is 59.2 Å². The van der Waals surface area contributed by atoms with E-state index in [2.05, 4.69) is 26.3 Å². The monoisotopic (exact) mass is 407 g/mol. The van der Waals surface area contributed by atoms with Crippen LogP contribution in [0.1, 0.15) is 15.9 Å². The van der Waals surface area contributed by atoms with Crippen molar-refractivity contribution in [1.82, 2.24) is 9.78 Å². The zero-order chi connectivity index (χ0) is 17.1. The Kier molecular flexibility index (Phi) is 4.97. The maximum Gasteiger partial charge on any atom is 0.256 e. The number of hydrogen-bond acceptors (Lipinski definition) is 2. The van der Waals surface area contributed by atoms with Gasteiger partial charge in [0.2, 0.25) is 0 Å². The Morgan fingerprint density at radius 3 is 2.71 bits per heavy atom. The Bertz CT molecular complexity index is 880. The Morgan fingerprint density at radius 2 is 2.00 bits per heavy atom. The standard InChI is InChI=1S/C17H12BrClFN3O/c18-15-10-23(9-11-4-6-13(19)7-5-11)22-16(15)21-17(24)12-2-1-3-14(20)8-12/h1-8,10H,9H2,(H,21,22,24). The summed E-state index contributed by atoms with van der Waals surface area (Å²) in [6.07, 6.45) is 1.76. The molecule has 24 heavy (non-hydrogen) atoms. The fourth-order valence-electron chi connectivity index (χ4n) is 2.15. The Labute approximate surface area is 151 Å². The molecule has 0 spiro atoms. The minimum atomic E-state index is -0.463. The topological polar surface area (TPSA) is 46.9 Å². The zero-order valence-corrected chi connectivity index (χ0v) is 14.7. The summed E-state index contributed by atoms with van der Waals surface area (Å²) in [5, 5.41) is 7.66. The van der Waals surface area contributed by atoms with Gasteiger partial charge in [-0.25, -0.2) is 4.39 Å². The van der Waals surface area contributed by atoms with Gasteiger partial charge in [-0.05, 0) is 51.8 Å². The van der Waals surface area contributed by atoms with E-state index in [4.69, 9.17) is 11.6 Å². The van der Waals surface area contributed by atoms with E-state index in [0.717, 1.165) is 5.56 Å². The number of rotatable bonds is 4. The van der Waals surface area contributed by atoms with Crippen molar-refractivity contribution >= 4 is 39.3 Å².